The summed E-state index contributed by atoms with van der Waals surface area (Å²) in [5, 5.41) is 7.18. The Bertz CT molecular complexity index is 1450. The molecule has 3 heterocycles. The second kappa shape index (κ2) is 8.80. The maximum absolute atomic E-state index is 15.6. The Kier molecular flexibility index (Phi) is 5.83. The fourth-order valence-electron chi connectivity index (χ4n) is 5.87. The van der Waals surface area contributed by atoms with Crippen LogP contribution in [-0.2, 0) is 37.7 Å². The molecule has 1 saturated carbocycles. The van der Waals surface area contributed by atoms with Crippen molar-refractivity contribution in [2.24, 2.45) is 7.05 Å². The number of benzene rings is 2. The summed E-state index contributed by atoms with van der Waals surface area (Å²) in [5.74, 6) is -4.46. The van der Waals surface area contributed by atoms with Gasteiger partial charge in [-0.2, -0.15) is 22.0 Å². The predicted octanol–water partition coefficient (Wildman–Crippen LogP) is 5.36. The second-order valence-electron chi connectivity index (χ2n) is 10.7. The van der Waals surface area contributed by atoms with E-state index in [1.807, 2.05) is 0 Å². The Morgan fingerprint density at radius 2 is 1.87 bits per heavy atom. The summed E-state index contributed by atoms with van der Waals surface area (Å²) in [4.78, 5) is 16.4. The van der Waals surface area contributed by atoms with E-state index in [-0.39, 0.29) is 60.4 Å². The lowest BCUT2D eigenvalue weighted by Crippen LogP contribution is -2.34. The highest BCUT2D eigenvalue weighted by Gasteiger charge is 2.65. The second-order valence-corrected chi connectivity index (χ2v) is 10.7. The van der Waals surface area contributed by atoms with Gasteiger partial charge in [-0.3, -0.25) is 9.69 Å². The van der Waals surface area contributed by atoms with Gasteiger partial charge in [-0.1, -0.05) is 12.1 Å². The number of aryl methyl sites for hydroxylation is 1. The molecule has 0 N–H and O–H groups in total. The van der Waals surface area contributed by atoms with E-state index in [2.05, 4.69) is 10.2 Å². The number of aromatic nitrogens is 3. The molecule has 0 unspecified atom stereocenters. The molecule has 0 spiro atoms. The Balaban J connectivity index is 1.34. The van der Waals surface area contributed by atoms with Crippen molar-refractivity contribution in [1.29, 1.82) is 0 Å². The van der Waals surface area contributed by atoms with E-state index in [4.69, 9.17) is 0 Å². The monoisotopic (exact) mass is 549 g/mol. The average molecular weight is 550 g/mol. The van der Waals surface area contributed by atoms with Gasteiger partial charge >= 0.3 is 12.1 Å². The molecule has 6 rings (SSSR count). The van der Waals surface area contributed by atoms with E-state index < -0.39 is 41.0 Å². The number of hydrogen-bond acceptors (Lipinski definition) is 4. The van der Waals surface area contributed by atoms with Crippen molar-refractivity contribution in [2.75, 3.05) is 18.0 Å². The van der Waals surface area contributed by atoms with Crippen LogP contribution in [0.1, 0.15) is 57.7 Å². The number of anilines is 1. The van der Waals surface area contributed by atoms with Crippen molar-refractivity contribution in [3.8, 4) is 0 Å². The number of likely N-dealkylation sites (tertiary alicyclic amines) is 1. The molecule has 2 aromatic carbocycles. The molecule has 1 atom stereocenters. The first-order valence-corrected chi connectivity index (χ1v) is 12.6. The smallest absolute Gasteiger partial charge is 0.316 e. The fourth-order valence-corrected chi connectivity index (χ4v) is 5.87. The van der Waals surface area contributed by atoms with Gasteiger partial charge in [0.1, 0.15) is 12.5 Å². The zero-order valence-corrected chi connectivity index (χ0v) is 21.0. The van der Waals surface area contributed by atoms with Crippen molar-refractivity contribution in [2.45, 2.75) is 56.0 Å². The van der Waals surface area contributed by atoms with Gasteiger partial charge in [-0.05, 0) is 60.2 Å². The largest absolute Gasteiger partial charge is 0.416 e. The molecular weight excluding hydrogens is 524 g/mol. The molecule has 1 aromatic heterocycles. The predicted molar refractivity (Wildman–Crippen MR) is 129 cm³/mol. The summed E-state index contributed by atoms with van der Waals surface area (Å²) in [6.07, 6.45) is -3.85. The number of amides is 1. The first-order chi connectivity index (χ1) is 18.4. The highest BCUT2D eigenvalue weighted by molar-refractivity contribution is 6.10. The minimum atomic E-state index is -4.71. The highest BCUT2D eigenvalue weighted by atomic mass is 19.4. The van der Waals surface area contributed by atoms with E-state index in [1.165, 1.54) is 42.5 Å². The fraction of sp³-hybridized carbons (Fsp3) is 0.444. The number of carbonyl (C=O) groups excluding carboxylic acids is 1. The lowest BCUT2D eigenvalue weighted by molar-refractivity contribution is -0.138. The highest BCUT2D eigenvalue weighted by Crippen LogP contribution is 2.62. The molecule has 1 aliphatic carbocycles. The summed E-state index contributed by atoms with van der Waals surface area (Å²) in [5.41, 5.74) is -1.89. The van der Waals surface area contributed by atoms with Crippen LogP contribution in [0.25, 0.3) is 0 Å². The number of halogens is 6. The van der Waals surface area contributed by atoms with Gasteiger partial charge < -0.3 is 9.47 Å². The molecule has 12 heteroatoms. The van der Waals surface area contributed by atoms with Crippen molar-refractivity contribution in [3.05, 3.63) is 76.4 Å². The van der Waals surface area contributed by atoms with E-state index in [0.717, 1.165) is 10.6 Å². The lowest BCUT2D eigenvalue weighted by Gasteiger charge is -2.27. The van der Waals surface area contributed by atoms with Crippen molar-refractivity contribution in [3.63, 3.8) is 0 Å². The van der Waals surface area contributed by atoms with Crippen molar-refractivity contribution in [1.82, 2.24) is 19.7 Å². The van der Waals surface area contributed by atoms with E-state index >= 15 is 8.78 Å². The standard InChI is InChI=1S/C27H25F6N5O/c1-36-15-34-35-24(36)26(29,30)25(6-7-25)17-3-2-4-19(11-17)38-14-21-20(23(38)39)9-16(10-22(21)27(31,32)33)12-37-8-5-18(28)13-37/h2-4,9-11,15,18H,5-8,12-14H2,1H3/t18-/m0/s1. The number of rotatable bonds is 6. The number of nitrogens with zero attached hydrogens (tertiary/aromatic N) is 5. The Hall–Kier alpha value is -3.41. The van der Waals surface area contributed by atoms with Gasteiger partial charge in [-0.15, -0.1) is 10.2 Å². The van der Waals surface area contributed by atoms with Gasteiger partial charge in [0, 0.05) is 37.9 Å². The van der Waals surface area contributed by atoms with Gasteiger partial charge in [0.2, 0.25) is 5.82 Å². The normalized spacial score (nSPS) is 21.1. The minimum Gasteiger partial charge on any atom is -0.316 e. The van der Waals surface area contributed by atoms with Crippen LogP contribution in [0.15, 0.2) is 42.7 Å². The first kappa shape index (κ1) is 25.8. The molecule has 6 nitrogen and oxygen atoms in total. The number of alkyl halides is 6. The zero-order valence-electron chi connectivity index (χ0n) is 21.0. The Labute approximate surface area is 220 Å². The van der Waals surface area contributed by atoms with Crippen LogP contribution in [-0.4, -0.2) is 44.8 Å². The molecule has 1 amide bonds. The van der Waals surface area contributed by atoms with Crippen molar-refractivity contribution < 1.29 is 31.1 Å². The van der Waals surface area contributed by atoms with E-state index in [1.54, 1.807) is 11.0 Å². The summed E-state index contributed by atoms with van der Waals surface area (Å²) < 4.78 is 88.3. The molecule has 3 aromatic rings. The molecule has 3 aliphatic rings. The molecule has 39 heavy (non-hydrogen) atoms. The summed E-state index contributed by atoms with van der Waals surface area (Å²) >= 11 is 0. The maximum atomic E-state index is 15.6. The Morgan fingerprint density at radius 1 is 1.10 bits per heavy atom. The molecule has 2 aliphatic heterocycles. The summed E-state index contributed by atoms with van der Waals surface area (Å²) in [6.45, 7) is 0.314. The van der Waals surface area contributed by atoms with Crippen LogP contribution in [0, 0.1) is 0 Å². The van der Waals surface area contributed by atoms with Gasteiger partial charge in [0.05, 0.1) is 17.5 Å². The first-order valence-electron chi connectivity index (χ1n) is 12.6. The number of carbonyl (C=O) groups is 1. The van der Waals surface area contributed by atoms with Crippen LogP contribution < -0.4 is 4.90 Å². The lowest BCUT2D eigenvalue weighted by atomic mass is 9.88. The van der Waals surface area contributed by atoms with Gasteiger partial charge in [0.15, 0.2) is 0 Å². The van der Waals surface area contributed by atoms with Crippen LogP contribution >= 0.6 is 0 Å². The van der Waals surface area contributed by atoms with Crippen LogP contribution in [0.2, 0.25) is 0 Å². The summed E-state index contributed by atoms with van der Waals surface area (Å²) in [6, 6.07) is 8.53. The van der Waals surface area contributed by atoms with Gasteiger partial charge in [0.25, 0.3) is 5.91 Å². The van der Waals surface area contributed by atoms with Crippen LogP contribution in [0.3, 0.4) is 0 Å². The molecule has 0 radical (unpaired) electrons. The Morgan fingerprint density at radius 3 is 2.49 bits per heavy atom. The van der Waals surface area contributed by atoms with E-state index in [9.17, 15) is 22.4 Å². The van der Waals surface area contributed by atoms with E-state index in [0.29, 0.717) is 13.0 Å². The zero-order chi connectivity index (χ0) is 27.7. The van der Waals surface area contributed by atoms with Crippen molar-refractivity contribution >= 4 is 11.6 Å². The quantitative estimate of drug-likeness (QED) is 0.389. The molecule has 1 saturated heterocycles. The third kappa shape index (κ3) is 4.19. The third-order valence-electron chi connectivity index (χ3n) is 8.08. The number of fused-ring (bicyclic) bond motifs is 1. The topological polar surface area (TPSA) is 54.3 Å². The van der Waals surface area contributed by atoms with Gasteiger partial charge in [-0.25, -0.2) is 4.39 Å². The average Bonchev–Trinajstić information content (AvgIpc) is 3.28. The maximum Gasteiger partial charge on any atom is 0.416 e. The van der Waals surface area contributed by atoms with Crippen LogP contribution in [0.5, 0.6) is 0 Å². The third-order valence-corrected chi connectivity index (χ3v) is 8.08. The minimum absolute atomic E-state index is 0.0771. The molecular formula is C27H25F6N5O. The molecule has 0 bridgehead atoms. The SMILES string of the molecule is Cn1cnnc1C(F)(F)C1(c2cccc(N3Cc4c(cc(CN5CC[C@H](F)C5)cc4C(F)(F)F)C3=O)c2)CC1. The van der Waals surface area contributed by atoms with Crippen LogP contribution in [0.4, 0.5) is 32.0 Å². The molecule has 206 valence electrons. The molecule has 2 fully saturated rings. The summed E-state index contributed by atoms with van der Waals surface area (Å²) in [7, 11) is 1.43. The number of hydrogen-bond donors (Lipinski definition) is 0.